The first kappa shape index (κ1) is 16.6. The van der Waals surface area contributed by atoms with E-state index in [4.69, 9.17) is 5.84 Å². The van der Waals surface area contributed by atoms with E-state index in [9.17, 15) is 0 Å². The highest BCUT2D eigenvalue weighted by Gasteiger charge is 2.40. The number of thiophene rings is 1. The minimum absolute atomic E-state index is 0.0928. The van der Waals surface area contributed by atoms with Gasteiger partial charge in [-0.15, -0.1) is 11.3 Å². The van der Waals surface area contributed by atoms with Crippen LogP contribution in [-0.4, -0.2) is 23.5 Å². The van der Waals surface area contributed by atoms with Crippen LogP contribution in [0, 0.1) is 6.92 Å². The molecule has 0 aliphatic carbocycles. The molecule has 0 saturated heterocycles. The predicted molar refractivity (Wildman–Crippen MR) is 85.4 cm³/mol. The van der Waals surface area contributed by atoms with Gasteiger partial charge in [0.15, 0.2) is 0 Å². The standard InChI is InChI=1S/C15H29N3S/c1-6-15(7-2,18(8-3)9-4)14(17-16)13-11-10-12(5)19-13/h10-11,14,17H,6-9,16H2,1-5H3. The van der Waals surface area contributed by atoms with Gasteiger partial charge in [0.25, 0.3) is 0 Å². The highest BCUT2D eigenvalue weighted by atomic mass is 32.1. The highest BCUT2D eigenvalue weighted by Crippen LogP contribution is 2.39. The maximum Gasteiger partial charge on any atom is 0.0736 e. The Labute approximate surface area is 122 Å². The van der Waals surface area contributed by atoms with Crippen LogP contribution in [0.5, 0.6) is 0 Å². The van der Waals surface area contributed by atoms with Gasteiger partial charge in [0.1, 0.15) is 0 Å². The summed E-state index contributed by atoms with van der Waals surface area (Å²) >= 11 is 1.85. The zero-order chi connectivity index (χ0) is 14.5. The van der Waals surface area contributed by atoms with Crippen molar-refractivity contribution >= 4 is 11.3 Å². The van der Waals surface area contributed by atoms with Gasteiger partial charge in [-0.1, -0.05) is 27.7 Å². The number of likely N-dealkylation sites (N-methyl/N-ethyl adjacent to an activating group) is 1. The Kier molecular flexibility index (Phi) is 6.47. The fourth-order valence-electron chi connectivity index (χ4n) is 3.25. The minimum atomic E-state index is 0.0928. The third-order valence-corrected chi connectivity index (χ3v) is 5.43. The first-order valence-corrected chi connectivity index (χ1v) is 8.18. The lowest BCUT2D eigenvalue weighted by molar-refractivity contribution is 0.0499. The van der Waals surface area contributed by atoms with Crippen LogP contribution in [0.1, 0.15) is 56.3 Å². The maximum atomic E-state index is 5.93. The van der Waals surface area contributed by atoms with E-state index in [2.05, 4.69) is 57.1 Å². The third kappa shape index (κ3) is 3.19. The number of aryl methyl sites for hydroxylation is 1. The summed E-state index contributed by atoms with van der Waals surface area (Å²) in [7, 11) is 0. The van der Waals surface area contributed by atoms with Gasteiger partial charge in [0.2, 0.25) is 0 Å². The van der Waals surface area contributed by atoms with Gasteiger partial charge < -0.3 is 0 Å². The molecule has 3 N–H and O–H groups in total. The van der Waals surface area contributed by atoms with Crippen molar-refractivity contribution in [3.8, 4) is 0 Å². The molecule has 1 rings (SSSR count). The van der Waals surface area contributed by atoms with E-state index < -0.39 is 0 Å². The highest BCUT2D eigenvalue weighted by molar-refractivity contribution is 7.12. The van der Waals surface area contributed by atoms with Crippen LogP contribution >= 0.6 is 11.3 Å². The molecule has 0 radical (unpaired) electrons. The second kappa shape index (κ2) is 7.39. The molecule has 0 spiro atoms. The van der Waals surface area contributed by atoms with Crippen LogP contribution in [-0.2, 0) is 0 Å². The molecule has 0 aromatic carbocycles. The van der Waals surface area contributed by atoms with E-state index in [1.165, 1.54) is 9.75 Å². The number of hydrogen-bond acceptors (Lipinski definition) is 4. The Balaban J connectivity index is 3.20. The lowest BCUT2D eigenvalue weighted by atomic mass is 9.82. The van der Waals surface area contributed by atoms with E-state index in [0.29, 0.717) is 0 Å². The van der Waals surface area contributed by atoms with Gasteiger partial charge >= 0.3 is 0 Å². The quantitative estimate of drug-likeness (QED) is 0.567. The van der Waals surface area contributed by atoms with Crippen molar-refractivity contribution in [2.45, 2.75) is 59.0 Å². The van der Waals surface area contributed by atoms with E-state index in [1.807, 2.05) is 11.3 Å². The molecule has 110 valence electrons. The second-order valence-corrected chi connectivity index (χ2v) is 6.35. The molecule has 1 heterocycles. The second-order valence-electron chi connectivity index (χ2n) is 5.03. The summed E-state index contributed by atoms with van der Waals surface area (Å²) in [6.45, 7) is 13.3. The molecule has 1 atom stereocenters. The molecule has 3 nitrogen and oxygen atoms in total. The van der Waals surface area contributed by atoms with E-state index in [1.54, 1.807) is 0 Å². The molecule has 1 unspecified atom stereocenters. The normalized spacial score (nSPS) is 14.1. The zero-order valence-electron chi connectivity index (χ0n) is 13.0. The average Bonchev–Trinajstić information content (AvgIpc) is 2.85. The monoisotopic (exact) mass is 283 g/mol. The fraction of sp³-hybridized carbons (Fsp3) is 0.733. The minimum Gasteiger partial charge on any atom is -0.296 e. The summed E-state index contributed by atoms with van der Waals surface area (Å²) in [5, 5.41) is 0. The SMILES string of the molecule is CCN(CC)C(CC)(CC)C(NN)c1ccc(C)s1. The number of rotatable bonds is 8. The largest absolute Gasteiger partial charge is 0.296 e. The Morgan fingerprint density at radius 2 is 1.79 bits per heavy atom. The van der Waals surface area contributed by atoms with E-state index >= 15 is 0 Å². The Bertz CT molecular complexity index is 367. The van der Waals surface area contributed by atoms with Gasteiger partial charge in [-0.3, -0.25) is 16.2 Å². The number of nitrogens with one attached hydrogen (secondary N) is 1. The molecule has 0 fully saturated rings. The molecular formula is C15H29N3S. The summed E-state index contributed by atoms with van der Waals surface area (Å²) in [5.41, 5.74) is 3.19. The molecule has 0 aliphatic rings. The molecule has 4 heteroatoms. The van der Waals surface area contributed by atoms with Crippen molar-refractivity contribution in [2.24, 2.45) is 5.84 Å². The Morgan fingerprint density at radius 1 is 1.21 bits per heavy atom. The number of nitrogens with zero attached hydrogens (tertiary/aromatic N) is 1. The first-order valence-electron chi connectivity index (χ1n) is 7.37. The molecule has 1 aromatic rings. The van der Waals surface area contributed by atoms with Crippen molar-refractivity contribution in [3.05, 3.63) is 21.9 Å². The maximum absolute atomic E-state index is 5.93. The molecule has 0 amide bonds. The Morgan fingerprint density at radius 3 is 2.11 bits per heavy atom. The topological polar surface area (TPSA) is 41.3 Å². The van der Waals surface area contributed by atoms with Crippen LogP contribution in [0.3, 0.4) is 0 Å². The van der Waals surface area contributed by atoms with E-state index in [0.717, 1.165) is 25.9 Å². The summed E-state index contributed by atoms with van der Waals surface area (Å²) in [6.07, 6.45) is 2.19. The van der Waals surface area contributed by atoms with Crippen molar-refractivity contribution in [1.82, 2.24) is 10.3 Å². The van der Waals surface area contributed by atoms with Gasteiger partial charge in [0.05, 0.1) is 6.04 Å². The molecule has 0 saturated carbocycles. The average molecular weight is 283 g/mol. The van der Waals surface area contributed by atoms with Crippen LogP contribution in [0.4, 0.5) is 0 Å². The lowest BCUT2D eigenvalue weighted by Gasteiger charge is -2.47. The van der Waals surface area contributed by atoms with Gasteiger partial charge in [-0.25, -0.2) is 0 Å². The third-order valence-electron chi connectivity index (χ3n) is 4.37. The smallest absolute Gasteiger partial charge is 0.0736 e. The van der Waals surface area contributed by atoms with Gasteiger partial charge in [-0.05, 0) is 45.0 Å². The number of hydrazine groups is 1. The van der Waals surface area contributed by atoms with Crippen LogP contribution in [0.2, 0.25) is 0 Å². The fourth-order valence-corrected chi connectivity index (χ4v) is 4.30. The molecule has 19 heavy (non-hydrogen) atoms. The molecule has 1 aromatic heterocycles. The van der Waals surface area contributed by atoms with Crippen molar-refractivity contribution in [3.63, 3.8) is 0 Å². The number of nitrogens with two attached hydrogens (primary N) is 1. The Hall–Kier alpha value is -0.420. The van der Waals surface area contributed by atoms with Crippen LogP contribution < -0.4 is 11.3 Å². The number of hydrogen-bond donors (Lipinski definition) is 2. The van der Waals surface area contributed by atoms with Crippen molar-refractivity contribution in [2.75, 3.05) is 13.1 Å². The van der Waals surface area contributed by atoms with Crippen LogP contribution in [0.15, 0.2) is 12.1 Å². The van der Waals surface area contributed by atoms with Crippen LogP contribution in [0.25, 0.3) is 0 Å². The van der Waals surface area contributed by atoms with E-state index in [-0.39, 0.29) is 11.6 Å². The van der Waals surface area contributed by atoms with Crippen molar-refractivity contribution in [1.29, 1.82) is 0 Å². The first-order chi connectivity index (χ1) is 9.09. The summed E-state index contributed by atoms with van der Waals surface area (Å²) in [6, 6.07) is 4.60. The van der Waals surface area contributed by atoms with Gasteiger partial charge in [0, 0.05) is 15.3 Å². The zero-order valence-corrected chi connectivity index (χ0v) is 13.8. The summed E-state index contributed by atoms with van der Waals surface area (Å²) < 4.78 is 0. The summed E-state index contributed by atoms with van der Waals surface area (Å²) in [4.78, 5) is 5.23. The van der Waals surface area contributed by atoms with Gasteiger partial charge in [-0.2, -0.15) is 0 Å². The van der Waals surface area contributed by atoms with Crippen molar-refractivity contribution < 1.29 is 0 Å². The predicted octanol–water partition coefficient (Wildman–Crippen LogP) is 3.46. The lowest BCUT2D eigenvalue weighted by Crippen LogP contribution is -2.57. The summed E-state index contributed by atoms with van der Waals surface area (Å²) in [5.74, 6) is 5.93. The molecule has 0 aliphatic heterocycles. The molecule has 0 bridgehead atoms. The molecular weight excluding hydrogens is 254 g/mol.